The molecule has 4 unspecified atom stereocenters. The fraction of sp³-hybridized carbons (Fsp3) is 0.875. The molecule has 0 saturated carbocycles. The number of nitrogens with zero attached hydrogens (tertiary/aromatic N) is 3. The first-order chi connectivity index (χ1) is 10.2. The fourth-order valence-corrected chi connectivity index (χ4v) is 3.85. The molecule has 0 spiro atoms. The van der Waals surface area contributed by atoms with Gasteiger partial charge in [0.1, 0.15) is 12.2 Å². The molecule has 1 aromatic heterocycles. The van der Waals surface area contributed by atoms with Crippen LogP contribution < -0.4 is 5.32 Å². The van der Waals surface area contributed by atoms with Crippen LogP contribution in [0.2, 0.25) is 0 Å². The molecular formula is C16H28N4O. The smallest absolute Gasteiger partial charge is 0.138 e. The summed E-state index contributed by atoms with van der Waals surface area (Å²) >= 11 is 0. The topological polar surface area (TPSA) is 52.0 Å². The lowest BCUT2D eigenvalue weighted by Gasteiger charge is -2.29. The average Bonchev–Trinajstić information content (AvgIpc) is 3.18. The van der Waals surface area contributed by atoms with Gasteiger partial charge in [-0.1, -0.05) is 6.92 Å². The molecule has 5 heteroatoms. The summed E-state index contributed by atoms with van der Waals surface area (Å²) in [5.74, 6) is 1.73. The molecule has 0 amide bonds. The summed E-state index contributed by atoms with van der Waals surface area (Å²) in [4.78, 5) is 4.49. The van der Waals surface area contributed by atoms with Gasteiger partial charge in [-0.25, -0.2) is 9.67 Å². The molecule has 1 aromatic rings. The maximum Gasteiger partial charge on any atom is 0.138 e. The second kappa shape index (κ2) is 6.44. The van der Waals surface area contributed by atoms with E-state index in [2.05, 4.69) is 40.9 Å². The SMILES string of the molecule is CCCNC(Cc1ncnn1C(C)C)C1CC2CCC1O2. The molecule has 2 bridgehead atoms. The Hall–Kier alpha value is -0.940. The number of hydrogen-bond acceptors (Lipinski definition) is 4. The Labute approximate surface area is 127 Å². The molecule has 2 aliphatic rings. The van der Waals surface area contributed by atoms with Crippen molar-refractivity contribution in [1.82, 2.24) is 20.1 Å². The first kappa shape index (κ1) is 15.0. The van der Waals surface area contributed by atoms with Crippen molar-refractivity contribution in [3.63, 3.8) is 0 Å². The van der Waals surface area contributed by atoms with Crippen LogP contribution in [-0.2, 0) is 11.2 Å². The summed E-state index contributed by atoms with van der Waals surface area (Å²) in [6.45, 7) is 7.60. The van der Waals surface area contributed by atoms with Crippen molar-refractivity contribution in [3.05, 3.63) is 12.2 Å². The van der Waals surface area contributed by atoms with E-state index in [1.165, 1.54) is 19.3 Å². The predicted molar refractivity (Wildman–Crippen MR) is 82.2 cm³/mol. The number of hydrogen-bond donors (Lipinski definition) is 1. The van der Waals surface area contributed by atoms with Gasteiger partial charge in [0.25, 0.3) is 0 Å². The largest absolute Gasteiger partial charge is 0.375 e. The van der Waals surface area contributed by atoms with Crippen molar-refractivity contribution in [3.8, 4) is 0 Å². The maximum atomic E-state index is 6.06. The lowest BCUT2D eigenvalue weighted by Crippen LogP contribution is -2.43. The van der Waals surface area contributed by atoms with E-state index in [0.717, 1.165) is 25.2 Å². The summed E-state index contributed by atoms with van der Waals surface area (Å²) in [6, 6.07) is 0.826. The van der Waals surface area contributed by atoms with Crippen LogP contribution in [0, 0.1) is 5.92 Å². The summed E-state index contributed by atoms with van der Waals surface area (Å²) in [5.41, 5.74) is 0. The lowest BCUT2D eigenvalue weighted by molar-refractivity contribution is 0.0854. The number of ether oxygens (including phenoxy) is 1. The van der Waals surface area contributed by atoms with Crippen molar-refractivity contribution < 1.29 is 4.74 Å². The number of rotatable bonds is 7. The van der Waals surface area contributed by atoms with E-state index in [0.29, 0.717) is 30.2 Å². The molecule has 2 saturated heterocycles. The molecule has 0 radical (unpaired) electrons. The van der Waals surface area contributed by atoms with Gasteiger partial charge in [0, 0.05) is 24.4 Å². The van der Waals surface area contributed by atoms with Crippen LogP contribution >= 0.6 is 0 Å². The van der Waals surface area contributed by atoms with Crippen LogP contribution in [0.5, 0.6) is 0 Å². The third-order valence-electron chi connectivity index (χ3n) is 4.87. The third-order valence-corrected chi connectivity index (χ3v) is 4.87. The molecule has 0 aliphatic carbocycles. The minimum Gasteiger partial charge on any atom is -0.375 e. The van der Waals surface area contributed by atoms with Gasteiger partial charge >= 0.3 is 0 Å². The zero-order chi connectivity index (χ0) is 14.8. The Morgan fingerprint density at radius 3 is 2.90 bits per heavy atom. The van der Waals surface area contributed by atoms with E-state index < -0.39 is 0 Å². The summed E-state index contributed by atoms with van der Waals surface area (Å²) in [5, 5.41) is 8.11. The Balaban J connectivity index is 1.71. The molecular weight excluding hydrogens is 264 g/mol. The zero-order valence-corrected chi connectivity index (χ0v) is 13.5. The van der Waals surface area contributed by atoms with Crippen molar-refractivity contribution in [1.29, 1.82) is 0 Å². The van der Waals surface area contributed by atoms with Gasteiger partial charge in [0.05, 0.1) is 12.2 Å². The fourth-order valence-electron chi connectivity index (χ4n) is 3.85. The Kier molecular flexibility index (Phi) is 4.60. The zero-order valence-electron chi connectivity index (χ0n) is 13.5. The van der Waals surface area contributed by atoms with E-state index in [1.807, 2.05) is 0 Å². The van der Waals surface area contributed by atoms with Crippen LogP contribution in [0.15, 0.2) is 6.33 Å². The standard InChI is InChI=1S/C16H28N4O/c1-4-7-17-14(13-8-12-5-6-15(13)21-12)9-16-18-10-19-20(16)11(2)3/h10-15,17H,4-9H2,1-3H3. The van der Waals surface area contributed by atoms with Crippen LogP contribution in [0.4, 0.5) is 0 Å². The third kappa shape index (κ3) is 3.14. The highest BCUT2D eigenvalue weighted by atomic mass is 16.5. The van der Waals surface area contributed by atoms with Crippen LogP contribution in [0.1, 0.15) is 58.3 Å². The van der Waals surface area contributed by atoms with E-state index >= 15 is 0 Å². The van der Waals surface area contributed by atoms with Gasteiger partial charge in [0.2, 0.25) is 0 Å². The summed E-state index contributed by atoms with van der Waals surface area (Å²) in [7, 11) is 0. The van der Waals surface area contributed by atoms with Gasteiger partial charge in [-0.15, -0.1) is 0 Å². The second-order valence-electron chi connectivity index (χ2n) is 6.75. The Morgan fingerprint density at radius 1 is 1.43 bits per heavy atom. The number of fused-ring (bicyclic) bond motifs is 2. The average molecular weight is 292 g/mol. The molecule has 21 heavy (non-hydrogen) atoms. The van der Waals surface area contributed by atoms with E-state index in [4.69, 9.17) is 4.74 Å². The van der Waals surface area contributed by atoms with Crippen LogP contribution in [0.25, 0.3) is 0 Å². The number of nitrogens with one attached hydrogen (secondary N) is 1. The molecule has 3 heterocycles. The molecule has 2 fully saturated rings. The highest BCUT2D eigenvalue weighted by molar-refractivity contribution is 5.00. The van der Waals surface area contributed by atoms with E-state index in [-0.39, 0.29) is 0 Å². The second-order valence-corrected chi connectivity index (χ2v) is 6.75. The monoisotopic (exact) mass is 292 g/mol. The predicted octanol–water partition coefficient (Wildman–Crippen LogP) is 2.34. The first-order valence-electron chi connectivity index (χ1n) is 8.46. The lowest BCUT2D eigenvalue weighted by atomic mass is 9.82. The molecule has 118 valence electrons. The molecule has 4 atom stereocenters. The number of aromatic nitrogens is 3. The maximum absolute atomic E-state index is 6.06. The van der Waals surface area contributed by atoms with Crippen LogP contribution in [-0.4, -0.2) is 39.6 Å². The molecule has 5 nitrogen and oxygen atoms in total. The Morgan fingerprint density at radius 2 is 2.29 bits per heavy atom. The van der Waals surface area contributed by atoms with Gasteiger partial charge in [-0.2, -0.15) is 5.10 Å². The summed E-state index contributed by atoms with van der Waals surface area (Å²) in [6.07, 6.45) is 8.46. The highest BCUT2D eigenvalue weighted by Crippen LogP contribution is 2.41. The summed E-state index contributed by atoms with van der Waals surface area (Å²) < 4.78 is 8.11. The quantitative estimate of drug-likeness (QED) is 0.838. The van der Waals surface area contributed by atoms with Crippen LogP contribution in [0.3, 0.4) is 0 Å². The minimum atomic E-state index is 0.366. The van der Waals surface area contributed by atoms with Gasteiger partial charge < -0.3 is 10.1 Å². The van der Waals surface area contributed by atoms with E-state index in [9.17, 15) is 0 Å². The molecule has 3 rings (SSSR count). The van der Waals surface area contributed by atoms with E-state index in [1.54, 1.807) is 6.33 Å². The highest BCUT2D eigenvalue weighted by Gasteiger charge is 2.44. The molecule has 2 aliphatic heterocycles. The Bertz CT molecular complexity index is 459. The van der Waals surface area contributed by atoms with Gasteiger partial charge in [-0.05, 0) is 46.1 Å². The normalized spacial score (nSPS) is 29.4. The van der Waals surface area contributed by atoms with Crippen molar-refractivity contribution in [2.45, 2.75) is 77.2 Å². The van der Waals surface area contributed by atoms with Gasteiger partial charge in [-0.3, -0.25) is 0 Å². The van der Waals surface area contributed by atoms with Gasteiger partial charge in [0.15, 0.2) is 0 Å². The van der Waals surface area contributed by atoms with Crippen molar-refractivity contribution >= 4 is 0 Å². The molecule has 0 aromatic carbocycles. The molecule has 1 N–H and O–H groups in total. The van der Waals surface area contributed by atoms with Crippen molar-refractivity contribution in [2.24, 2.45) is 5.92 Å². The minimum absolute atomic E-state index is 0.366. The van der Waals surface area contributed by atoms with Crippen molar-refractivity contribution in [2.75, 3.05) is 6.54 Å². The first-order valence-corrected chi connectivity index (χ1v) is 8.46.